The lowest BCUT2D eigenvalue weighted by Crippen LogP contribution is -2.50. The summed E-state index contributed by atoms with van der Waals surface area (Å²) in [5, 5.41) is 10.8. The molecule has 4 heterocycles. The number of nitrogens with zero attached hydrogens (tertiary/aromatic N) is 5. The number of nitrogens with one attached hydrogen (secondary N) is 2. The molecular formula is C29H33N7O4S. The first-order chi connectivity index (χ1) is 19.7. The lowest BCUT2D eigenvalue weighted by Gasteiger charge is -2.40. The summed E-state index contributed by atoms with van der Waals surface area (Å²) in [6.45, 7) is 2.32. The first-order valence-electron chi connectivity index (χ1n) is 14.2. The molecule has 4 aliphatic rings. The second kappa shape index (κ2) is 9.64. The maximum absolute atomic E-state index is 13.7. The molecule has 2 fully saturated rings. The molecule has 1 atom stereocenters. The molecule has 214 valence electrons. The minimum Gasteiger partial charge on any atom is -0.370 e. The summed E-state index contributed by atoms with van der Waals surface area (Å²) in [6, 6.07) is 8.33. The first-order valence-corrected chi connectivity index (χ1v) is 16.3. The molecule has 7 rings (SSSR count). The van der Waals surface area contributed by atoms with Gasteiger partial charge in [-0.1, -0.05) is 18.9 Å². The largest absolute Gasteiger partial charge is 0.370 e. The van der Waals surface area contributed by atoms with Gasteiger partial charge in [-0.3, -0.25) is 9.59 Å². The van der Waals surface area contributed by atoms with Gasteiger partial charge in [0.15, 0.2) is 9.84 Å². The SMILES string of the molecule is CS(=O)(=O)CC(=O)Nc1c2c(nn1CCC1CC1)C[C@@]1(CCc3cc(N4CC(c5ncccn5)C4)ccc31)NC2=O. The van der Waals surface area contributed by atoms with Crippen molar-refractivity contribution in [3.8, 4) is 0 Å². The number of benzene rings is 1. The van der Waals surface area contributed by atoms with E-state index in [1.54, 1.807) is 17.1 Å². The average molecular weight is 576 g/mol. The predicted octanol–water partition coefficient (Wildman–Crippen LogP) is 2.19. The van der Waals surface area contributed by atoms with E-state index in [0.29, 0.717) is 41.9 Å². The third kappa shape index (κ3) is 4.98. The molecule has 41 heavy (non-hydrogen) atoms. The maximum atomic E-state index is 13.7. The van der Waals surface area contributed by atoms with Crippen LogP contribution in [0.25, 0.3) is 0 Å². The van der Waals surface area contributed by atoms with Crippen LogP contribution in [0.4, 0.5) is 11.5 Å². The van der Waals surface area contributed by atoms with Crippen molar-refractivity contribution in [2.75, 3.05) is 35.3 Å². The van der Waals surface area contributed by atoms with Crippen LogP contribution in [0.1, 0.15) is 64.6 Å². The Morgan fingerprint density at radius 3 is 2.71 bits per heavy atom. The Balaban J connectivity index is 1.13. The monoisotopic (exact) mass is 575 g/mol. The third-order valence-corrected chi connectivity index (χ3v) is 9.58. The molecule has 2 amide bonds. The van der Waals surface area contributed by atoms with Crippen LogP contribution in [0.5, 0.6) is 0 Å². The van der Waals surface area contributed by atoms with Crippen molar-refractivity contribution >= 4 is 33.2 Å². The van der Waals surface area contributed by atoms with Gasteiger partial charge in [-0.2, -0.15) is 5.10 Å². The zero-order valence-corrected chi connectivity index (χ0v) is 23.8. The highest BCUT2D eigenvalue weighted by atomic mass is 32.2. The lowest BCUT2D eigenvalue weighted by molar-refractivity contribution is -0.113. The van der Waals surface area contributed by atoms with E-state index in [1.165, 1.54) is 18.4 Å². The molecule has 0 bridgehead atoms. The van der Waals surface area contributed by atoms with Crippen molar-refractivity contribution in [3.63, 3.8) is 0 Å². The number of hydrogen-bond acceptors (Lipinski definition) is 8. The first kappa shape index (κ1) is 26.1. The van der Waals surface area contributed by atoms with E-state index in [-0.39, 0.29) is 5.91 Å². The van der Waals surface area contributed by atoms with Gasteiger partial charge in [0.05, 0.1) is 17.2 Å². The van der Waals surface area contributed by atoms with E-state index < -0.39 is 27.0 Å². The van der Waals surface area contributed by atoms with Crippen LogP contribution in [-0.2, 0) is 39.6 Å². The fraction of sp³-hybridized carbons (Fsp3) is 0.483. The van der Waals surface area contributed by atoms with E-state index in [0.717, 1.165) is 55.7 Å². The molecule has 2 N–H and O–H groups in total. The van der Waals surface area contributed by atoms with Crippen molar-refractivity contribution in [3.05, 3.63) is 64.9 Å². The Morgan fingerprint density at radius 2 is 1.98 bits per heavy atom. The van der Waals surface area contributed by atoms with Crippen molar-refractivity contribution in [2.24, 2.45) is 5.92 Å². The van der Waals surface area contributed by atoms with E-state index in [2.05, 4.69) is 43.7 Å². The zero-order chi connectivity index (χ0) is 28.4. The molecule has 0 radical (unpaired) electrons. The summed E-state index contributed by atoms with van der Waals surface area (Å²) < 4.78 is 25.1. The van der Waals surface area contributed by atoms with Crippen LogP contribution in [0.15, 0.2) is 36.7 Å². The Hall–Kier alpha value is -3.80. The summed E-state index contributed by atoms with van der Waals surface area (Å²) in [7, 11) is -3.52. The van der Waals surface area contributed by atoms with Crippen molar-refractivity contribution < 1.29 is 18.0 Å². The number of amides is 2. The normalized spacial score (nSPS) is 21.8. The lowest BCUT2D eigenvalue weighted by atomic mass is 9.82. The molecule has 12 heteroatoms. The van der Waals surface area contributed by atoms with Gasteiger partial charge in [0.1, 0.15) is 23.0 Å². The molecule has 1 saturated heterocycles. The standard InChI is InChI=1S/C29H33N7O4S/c1-41(39,40)17-24(37)32-27-25-23(34-36(27)12-8-18-3-4-18)14-29(33-28(25)38)9-7-19-13-21(5-6-22(19)29)35-15-20(16-35)26-30-10-2-11-31-26/h2,5-6,10-11,13,18,20H,3-4,7-9,12,14-17H2,1H3,(H,32,37)(H,33,38)/t29-/m1/s1. The molecule has 2 aliphatic heterocycles. The highest BCUT2D eigenvalue weighted by Gasteiger charge is 2.47. The van der Waals surface area contributed by atoms with E-state index in [9.17, 15) is 18.0 Å². The van der Waals surface area contributed by atoms with Crippen LogP contribution < -0.4 is 15.5 Å². The minimum absolute atomic E-state index is 0.288. The second-order valence-electron chi connectivity index (χ2n) is 12.0. The molecule has 2 aliphatic carbocycles. The Morgan fingerprint density at radius 1 is 1.20 bits per heavy atom. The number of fused-ring (bicyclic) bond motifs is 3. The van der Waals surface area contributed by atoms with Gasteiger partial charge >= 0.3 is 0 Å². The Bertz CT molecular complexity index is 1640. The van der Waals surface area contributed by atoms with E-state index in [4.69, 9.17) is 5.10 Å². The predicted molar refractivity (Wildman–Crippen MR) is 153 cm³/mol. The number of aromatic nitrogens is 4. The summed E-state index contributed by atoms with van der Waals surface area (Å²) >= 11 is 0. The van der Waals surface area contributed by atoms with Gasteiger partial charge in [-0.25, -0.2) is 23.1 Å². The van der Waals surface area contributed by atoms with E-state index >= 15 is 0 Å². The van der Waals surface area contributed by atoms with Crippen molar-refractivity contribution in [1.29, 1.82) is 0 Å². The number of rotatable bonds is 8. The van der Waals surface area contributed by atoms with Crippen molar-refractivity contribution in [2.45, 2.75) is 56.5 Å². The summed E-state index contributed by atoms with van der Waals surface area (Å²) in [5.41, 5.74) is 3.92. The molecule has 0 unspecified atom stereocenters. The van der Waals surface area contributed by atoms with Gasteiger partial charge in [0, 0.05) is 50.4 Å². The number of carbonyl (C=O) groups excluding carboxylic acids is 2. The molecule has 1 spiro atoms. The quantitative estimate of drug-likeness (QED) is 0.417. The maximum Gasteiger partial charge on any atom is 0.257 e. The number of sulfone groups is 1. The molecule has 1 saturated carbocycles. The van der Waals surface area contributed by atoms with Crippen LogP contribution in [0.3, 0.4) is 0 Å². The van der Waals surface area contributed by atoms with Crippen LogP contribution >= 0.6 is 0 Å². The summed E-state index contributed by atoms with van der Waals surface area (Å²) in [5.74, 6) is 0.541. The highest BCUT2D eigenvalue weighted by Crippen LogP contribution is 2.45. The molecule has 11 nitrogen and oxygen atoms in total. The third-order valence-electron chi connectivity index (χ3n) is 8.79. The number of carbonyl (C=O) groups is 2. The van der Waals surface area contributed by atoms with Gasteiger partial charge in [-0.05, 0) is 54.5 Å². The molecule has 3 aromatic rings. The number of anilines is 2. The molecule has 2 aromatic heterocycles. The second-order valence-corrected chi connectivity index (χ2v) is 14.1. The van der Waals surface area contributed by atoms with Crippen LogP contribution in [0, 0.1) is 5.92 Å². The van der Waals surface area contributed by atoms with Crippen molar-refractivity contribution in [1.82, 2.24) is 25.1 Å². The minimum atomic E-state index is -3.52. The number of aryl methyl sites for hydroxylation is 2. The summed E-state index contributed by atoms with van der Waals surface area (Å²) in [4.78, 5) is 37.4. The average Bonchev–Trinajstić information content (AvgIpc) is 3.58. The fourth-order valence-corrected chi connectivity index (χ4v) is 7.06. The number of hydrogen-bond donors (Lipinski definition) is 2. The highest BCUT2D eigenvalue weighted by molar-refractivity contribution is 7.91. The van der Waals surface area contributed by atoms with Gasteiger partial charge < -0.3 is 15.5 Å². The van der Waals surface area contributed by atoms with Gasteiger partial charge in [0.25, 0.3) is 5.91 Å². The van der Waals surface area contributed by atoms with Crippen LogP contribution in [0.2, 0.25) is 0 Å². The fourth-order valence-electron chi connectivity index (χ4n) is 6.51. The topological polar surface area (TPSA) is 139 Å². The zero-order valence-electron chi connectivity index (χ0n) is 23.0. The van der Waals surface area contributed by atoms with Gasteiger partial charge in [0.2, 0.25) is 5.91 Å². The Kier molecular flexibility index (Phi) is 6.14. The van der Waals surface area contributed by atoms with E-state index in [1.807, 2.05) is 6.07 Å². The molecule has 1 aromatic carbocycles. The van der Waals surface area contributed by atoms with Crippen LogP contribution in [-0.4, -0.2) is 65.1 Å². The van der Waals surface area contributed by atoms with Gasteiger partial charge in [-0.15, -0.1) is 0 Å². The molecular weight excluding hydrogens is 542 g/mol. The summed E-state index contributed by atoms with van der Waals surface area (Å²) in [6.07, 6.45) is 9.97. The smallest absolute Gasteiger partial charge is 0.257 e. The Labute approximate surface area is 238 Å².